The monoisotopic (exact) mass is 248 g/mol. The quantitative estimate of drug-likeness (QED) is 0.442. The molecule has 1 rings (SSSR count). The highest BCUT2D eigenvalue weighted by molar-refractivity contribution is 5.96. The maximum Gasteiger partial charge on any atom is 0.275 e. The van der Waals surface area contributed by atoms with Crippen molar-refractivity contribution in [1.82, 2.24) is 5.43 Å². The average Bonchev–Trinajstić information content (AvgIpc) is 2.38. The summed E-state index contributed by atoms with van der Waals surface area (Å²) in [4.78, 5) is 11.6. The van der Waals surface area contributed by atoms with E-state index in [0.717, 1.165) is 12.8 Å². The molecule has 0 atom stereocenters. The Morgan fingerprint density at radius 1 is 1.33 bits per heavy atom. The summed E-state index contributed by atoms with van der Waals surface area (Å²) in [5, 5.41) is 13.3. The van der Waals surface area contributed by atoms with Gasteiger partial charge in [0.2, 0.25) is 0 Å². The number of phenols is 1. The lowest BCUT2D eigenvalue weighted by Crippen LogP contribution is -2.17. The van der Waals surface area contributed by atoms with Gasteiger partial charge in [-0.15, -0.1) is 0 Å². The van der Waals surface area contributed by atoms with Crippen molar-refractivity contribution in [3.8, 4) is 5.75 Å². The molecular weight excluding hydrogens is 228 g/mol. The third kappa shape index (κ3) is 4.99. The van der Waals surface area contributed by atoms with Crippen LogP contribution in [0.1, 0.15) is 49.4 Å². The molecule has 0 aliphatic heterocycles. The van der Waals surface area contributed by atoms with E-state index in [2.05, 4.69) is 17.5 Å². The summed E-state index contributed by atoms with van der Waals surface area (Å²) in [5.41, 5.74) is 2.64. The SMILES string of the molecule is CCCCCCC=NNC(=O)c1ccccc1O. The number of hydrogen-bond donors (Lipinski definition) is 2. The highest BCUT2D eigenvalue weighted by Gasteiger charge is 2.08. The fourth-order valence-corrected chi connectivity index (χ4v) is 1.56. The van der Waals surface area contributed by atoms with Gasteiger partial charge in [-0.05, 0) is 25.0 Å². The number of phenolic OH excluding ortho intramolecular Hbond substituents is 1. The number of carbonyl (C=O) groups is 1. The van der Waals surface area contributed by atoms with Crippen LogP contribution in [-0.4, -0.2) is 17.2 Å². The van der Waals surface area contributed by atoms with Crippen LogP contribution in [0.4, 0.5) is 0 Å². The zero-order valence-electron chi connectivity index (χ0n) is 10.7. The molecule has 1 aromatic carbocycles. The second kappa shape index (κ2) is 8.28. The van der Waals surface area contributed by atoms with Crippen molar-refractivity contribution in [2.75, 3.05) is 0 Å². The topological polar surface area (TPSA) is 61.7 Å². The van der Waals surface area contributed by atoms with E-state index in [1.165, 1.54) is 25.3 Å². The second-order valence-electron chi connectivity index (χ2n) is 4.12. The van der Waals surface area contributed by atoms with E-state index in [9.17, 15) is 9.90 Å². The minimum absolute atomic E-state index is 0.0341. The predicted molar refractivity (Wildman–Crippen MR) is 72.8 cm³/mol. The molecule has 0 fully saturated rings. The molecule has 0 aliphatic carbocycles. The second-order valence-corrected chi connectivity index (χ2v) is 4.12. The minimum atomic E-state index is -0.391. The van der Waals surface area contributed by atoms with E-state index >= 15 is 0 Å². The molecule has 4 heteroatoms. The van der Waals surface area contributed by atoms with Gasteiger partial charge in [-0.25, -0.2) is 5.43 Å². The van der Waals surface area contributed by atoms with E-state index in [0.29, 0.717) is 0 Å². The first-order valence-electron chi connectivity index (χ1n) is 6.35. The van der Waals surface area contributed by atoms with Crippen molar-refractivity contribution in [2.45, 2.75) is 39.0 Å². The molecule has 0 bridgehead atoms. The lowest BCUT2D eigenvalue weighted by Gasteiger charge is -2.01. The molecule has 0 aliphatic rings. The molecule has 1 aromatic rings. The van der Waals surface area contributed by atoms with Crippen molar-refractivity contribution in [2.24, 2.45) is 5.10 Å². The van der Waals surface area contributed by atoms with Gasteiger partial charge >= 0.3 is 0 Å². The number of aromatic hydroxyl groups is 1. The number of unbranched alkanes of at least 4 members (excludes halogenated alkanes) is 4. The van der Waals surface area contributed by atoms with Gasteiger partial charge in [0.15, 0.2) is 0 Å². The Kier molecular flexibility index (Phi) is 6.54. The minimum Gasteiger partial charge on any atom is -0.507 e. The summed E-state index contributed by atoms with van der Waals surface area (Å²) in [6, 6.07) is 6.40. The van der Waals surface area contributed by atoms with Crippen LogP contribution in [0.5, 0.6) is 5.75 Å². The van der Waals surface area contributed by atoms with Crippen LogP contribution in [0.25, 0.3) is 0 Å². The first-order chi connectivity index (χ1) is 8.75. The van der Waals surface area contributed by atoms with Gasteiger partial charge in [-0.2, -0.15) is 5.10 Å². The molecule has 98 valence electrons. The summed E-state index contributed by atoms with van der Waals surface area (Å²) in [6.07, 6.45) is 7.29. The Morgan fingerprint density at radius 3 is 2.83 bits per heavy atom. The number of rotatable bonds is 7. The van der Waals surface area contributed by atoms with Gasteiger partial charge in [0.1, 0.15) is 5.75 Å². The van der Waals surface area contributed by atoms with Crippen LogP contribution >= 0.6 is 0 Å². The van der Waals surface area contributed by atoms with Crippen molar-refractivity contribution in [3.63, 3.8) is 0 Å². The predicted octanol–water partition coefficient (Wildman–Crippen LogP) is 3.08. The molecule has 2 N–H and O–H groups in total. The van der Waals surface area contributed by atoms with Crippen LogP contribution in [-0.2, 0) is 0 Å². The Bertz CT molecular complexity index is 403. The van der Waals surface area contributed by atoms with Crippen LogP contribution in [0.2, 0.25) is 0 Å². The number of para-hydroxylation sites is 1. The normalized spacial score (nSPS) is 10.7. The van der Waals surface area contributed by atoms with Crippen LogP contribution in [0, 0.1) is 0 Å². The van der Waals surface area contributed by atoms with Crippen LogP contribution in [0.15, 0.2) is 29.4 Å². The molecule has 0 aromatic heterocycles. The van der Waals surface area contributed by atoms with E-state index in [1.54, 1.807) is 24.4 Å². The third-order valence-corrected chi connectivity index (χ3v) is 2.59. The number of nitrogens with one attached hydrogen (secondary N) is 1. The van der Waals surface area contributed by atoms with E-state index < -0.39 is 5.91 Å². The van der Waals surface area contributed by atoms with Crippen LogP contribution < -0.4 is 5.43 Å². The summed E-state index contributed by atoms with van der Waals surface area (Å²) < 4.78 is 0. The number of nitrogens with zero attached hydrogens (tertiary/aromatic N) is 1. The zero-order chi connectivity index (χ0) is 13.2. The number of amides is 1. The molecule has 1 amide bonds. The summed E-state index contributed by atoms with van der Waals surface area (Å²) in [5.74, 6) is -0.425. The maximum absolute atomic E-state index is 11.6. The third-order valence-electron chi connectivity index (χ3n) is 2.59. The fourth-order valence-electron chi connectivity index (χ4n) is 1.56. The first kappa shape index (κ1) is 14.2. The Morgan fingerprint density at radius 2 is 2.11 bits per heavy atom. The molecule has 18 heavy (non-hydrogen) atoms. The average molecular weight is 248 g/mol. The molecule has 0 saturated heterocycles. The van der Waals surface area contributed by atoms with E-state index in [1.807, 2.05) is 0 Å². The van der Waals surface area contributed by atoms with Gasteiger partial charge in [-0.1, -0.05) is 38.3 Å². The van der Waals surface area contributed by atoms with Crippen LogP contribution in [0.3, 0.4) is 0 Å². The van der Waals surface area contributed by atoms with Crippen molar-refractivity contribution in [1.29, 1.82) is 0 Å². The Balaban J connectivity index is 2.29. The van der Waals surface area contributed by atoms with Gasteiger partial charge < -0.3 is 5.11 Å². The molecule has 0 saturated carbocycles. The van der Waals surface area contributed by atoms with Gasteiger partial charge in [0.05, 0.1) is 5.56 Å². The smallest absolute Gasteiger partial charge is 0.275 e. The summed E-state index contributed by atoms with van der Waals surface area (Å²) in [6.45, 7) is 2.17. The van der Waals surface area contributed by atoms with Crippen molar-refractivity contribution in [3.05, 3.63) is 29.8 Å². The van der Waals surface area contributed by atoms with Gasteiger partial charge in [0, 0.05) is 6.21 Å². The highest BCUT2D eigenvalue weighted by atomic mass is 16.3. The zero-order valence-corrected chi connectivity index (χ0v) is 10.7. The number of benzene rings is 1. The lowest BCUT2D eigenvalue weighted by molar-refractivity contribution is 0.0952. The summed E-state index contributed by atoms with van der Waals surface area (Å²) >= 11 is 0. The molecular formula is C14H20N2O2. The number of hydrogen-bond acceptors (Lipinski definition) is 3. The lowest BCUT2D eigenvalue weighted by atomic mass is 10.2. The van der Waals surface area contributed by atoms with Gasteiger partial charge in [-0.3, -0.25) is 4.79 Å². The summed E-state index contributed by atoms with van der Waals surface area (Å²) in [7, 11) is 0. The first-order valence-corrected chi connectivity index (χ1v) is 6.35. The van der Waals surface area contributed by atoms with Crippen molar-refractivity contribution < 1.29 is 9.90 Å². The molecule has 0 heterocycles. The number of hydrazone groups is 1. The Hall–Kier alpha value is -1.84. The largest absolute Gasteiger partial charge is 0.507 e. The fraction of sp³-hybridized carbons (Fsp3) is 0.429. The standard InChI is InChI=1S/C14H20N2O2/c1-2-3-4-5-8-11-15-16-14(18)12-9-6-7-10-13(12)17/h6-7,9-11,17H,2-5,8H2,1H3,(H,16,18). The molecule has 4 nitrogen and oxygen atoms in total. The molecule has 0 spiro atoms. The Labute approximate surface area is 108 Å². The van der Waals surface area contributed by atoms with Gasteiger partial charge in [0.25, 0.3) is 5.91 Å². The molecule has 0 unspecified atom stereocenters. The number of carbonyl (C=O) groups excluding carboxylic acids is 1. The highest BCUT2D eigenvalue weighted by Crippen LogP contribution is 2.14. The van der Waals surface area contributed by atoms with E-state index in [-0.39, 0.29) is 11.3 Å². The van der Waals surface area contributed by atoms with E-state index in [4.69, 9.17) is 0 Å². The maximum atomic E-state index is 11.6. The van der Waals surface area contributed by atoms with Crippen molar-refractivity contribution >= 4 is 12.1 Å². The molecule has 0 radical (unpaired) electrons.